The molecule has 1 heterocycles. The lowest BCUT2D eigenvalue weighted by Gasteiger charge is -2.28. The third kappa shape index (κ3) is 5.65. The van der Waals surface area contributed by atoms with Gasteiger partial charge in [-0.2, -0.15) is 0 Å². The van der Waals surface area contributed by atoms with E-state index in [0.29, 0.717) is 11.6 Å². The largest absolute Gasteiger partial charge is 0.480 e. The third-order valence-electron chi connectivity index (χ3n) is 4.85. The molecule has 0 saturated carbocycles. The normalized spacial score (nSPS) is 19.8. The quantitative estimate of drug-likeness (QED) is 0.787. The molecule has 2 atom stereocenters. The molecule has 1 aliphatic rings. The molecule has 0 aliphatic carbocycles. The van der Waals surface area contributed by atoms with Gasteiger partial charge in [-0.15, -0.1) is 0 Å². The Morgan fingerprint density at radius 2 is 2.15 bits per heavy atom. The molecule has 0 bridgehead atoms. The zero-order chi connectivity index (χ0) is 19.3. The molecule has 6 nitrogen and oxygen atoms in total. The fraction of sp³-hybridized carbons (Fsp3) is 0.556. The van der Waals surface area contributed by atoms with Crippen LogP contribution in [0.15, 0.2) is 18.2 Å². The standard InChI is InChI=1S/C18H25ClFN3O3/c1-12(18(26)21-16-10-13(19)5-6-15(16)20)23-8-3-4-14(7-9-23)22(2)11-17(24)25/h5-6,10,12,14H,3-4,7-9,11H2,1-2H3,(H,21,26)(H,24,25). The lowest BCUT2D eigenvalue weighted by molar-refractivity contribution is -0.138. The van der Waals surface area contributed by atoms with E-state index in [-0.39, 0.29) is 24.2 Å². The van der Waals surface area contributed by atoms with Crippen LogP contribution in [0, 0.1) is 5.82 Å². The van der Waals surface area contributed by atoms with E-state index in [2.05, 4.69) is 5.32 Å². The summed E-state index contributed by atoms with van der Waals surface area (Å²) in [6.07, 6.45) is 2.54. The monoisotopic (exact) mass is 385 g/mol. The van der Waals surface area contributed by atoms with Crippen molar-refractivity contribution in [2.75, 3.05) is 32.0 Å². The highest BCUT2D eigenvalue weighted by atomic mass is 35.5. The van der Waals surface area contributed by atoms with Gasteiger partial charge in [-0.25, -0.2) is 4.39 Å². The first kappa shape index (κ1) is 20.6. The molecule has 1 fully saturated rings. The first-order valence-corrected chi connectivity index (χ1v) is 9.07. The second kappa shape index (κ2) is 9.30. The van der Waals surface area contributed by atoms with E-state index in [4.69, 9.17) is 16.7 Å². The number of carbonyl (C=O) groups is 2. The summed E-state index contributed by atoms with van der Waals surface area (Å²) in [7, 11) is 1.81. The number of amides is 1. The summed E-state index contributed by atoms with van der Waals surface area (Å²) >= 11 is 5.86. The minimum absolute atomic E-state index is 0.00868. The van der Waals surface area contributed by atoms with Gasteiger partial charge in [0.1, 0.15) is 5.82 Å². The molecule has 1 aromatic carbocycles. The Morgan fingerprint density at radius 1 is 1.42 bits per heavy atom. The Hall–Kier alpha value is -1.70. The van der Waals surface area contributed by atoms with E-state index in [1.807, 2.05) is 16.8 Å². The van der Waals surface area contributed by atoms with Gasteiger partial charge >= 0.3 is 5.97 Å². The minimum atomic E-state index is -0.843. The SMILES string of the molecule is CC(C(=O)Nc1cc(Cl)ccc1F)N1CCCC(N(C)CC(=O)O)CC1. The zero-order valence-electron chi connectivity index (χ0n) is 15.0. The number of carboxylic acids is 1. The van der Waals surface area contributed by atoms with Crippen molar-refractivity contribution < 1.29 is 19.1 Å². The first-order valence-electron chi connectivity index (χ1n) is 8.70. The third-order valence-corrected chi connectivity index (χ3v) is 5.09. The fourth-order valence-electron chi connectivity index (χ4n) is 3.27. The van der Waals surface area contributed by atoms with Crippen molar-refractivity contribution in [3.05, 3.63) is 29.0 Å². The predicted molar refractivity (Wildman–Crippen MR) is 99.0 cm³/mol. The highest BCUT2D eigenvalue weighted by molar-refractivity contribution is 6.30. The summed E-state index contributed by atoms with van der Waals surface area (Å²) in [6.45, 7) is 3.22. The Balaban J connectivity index is 1.94. The maximum absolute atomic E-state index is 13.8. The molecule has 8 heteroatoms. The van der Waals surface area contributed by atoms with Crippen LogP contribution in [0.25, 0.3) is 0 Å². The zero-order valence-corrected chi connectivity index (χ0v) is 15.8. The maximum atomic E-state index is 13.8. The second-order valence-electron chi connectivity index (χ2n) is 6.72. The Kier molecular flexibility index (Phi) is 7.37. The van der Waals surface area contributed by atoms with Crippen LogP contribution in [0.1, 0.15) is 26.2 Å². The van der Waals surface area contributed by atoms with Crippen molar-refractivity contribution in [2.45, 2.75) is 38.3 Å². The fourth-order valence-corrected chi connectivity index (χ4v) is 3.44. The number of carboxylic acid groups (broad SMARTS) is 1. The highest BCUT2D eigenvalue weighted by Crippen LogP contribution is 2.21. The number of hydrogen-bond donors (Lipinski definition) is 2. The van der Waals surface area contributed by atoms with Crippen LogP contribution >= 0.6 is 11.6 Å². The number of nitrogens with one attached hydrogen (secondary N) is 1. The minimum Gasteiger partial charge on any atom is -0.480 e. The first-order chi connectivity index (χ1) is 12.3. The Labute approximate surface area is 157 Å². The summed E-state index contributed by atoms with van der Waals surface area (Å²) in [5, 5.41) is 11.9. The molecular formula is C18H25ClFN3O3. The number of carbonyl (C=O) groups excluding carboxylic acids is 1. The molecule has 144 valence electrons. The van der Waals surface area contributed by atoms with E-state index in [0.717, 1.165) is 25.8 Å². The lowest BCUT2D eigenvalue weighted by Crippen LogP contribution is -2.43. The molecule has 2 N–H and O–H groups in total. The lowest BCUT2D eigenvalue weighted by atomic mass is 10.1. The molecule has 2 rings (SSSR count). The summed E-state index contributed by atoms with van der Waals surface area (Å²) in [6, 6.07) is 3.80. The topological polar surface area (TPSA) is 72.9 Å². The van der Waals surface area contributed by atoms with Crippen LogP contribution in [0.2, 0.25) is 5.02 Å². The maximum Gasteiger partial charge on any atom is 0.317 e. The van der Waals surface area contributed by atoms with Gasteiger partial charge in [-0.1, -0.05) is 11.6 Å². The Morgan fingerprint density at radius 3 is 2.85 bits per heavy atom. The molecule has 1 aliphatic heterocycles. The highest BCUT2D eigenvalue weighted by Gasteiger charge is 2.27. The van der Waals surface area contributed by atoms with Gasteiger partial charge in [0, 0.05) is 17.6 Å². The Bertz CT molecular complexity index is 659. The molecule has 0 aromatic heterocycles. The predicted octanol–water partition coefficient (Wildman–Crippen LogP) is 2.68. The van der Waals surface area contributed by atoms with E-state index in [1.165, 1.54) is 18.2 Å². The van der Waals surface area contributed by atoms with Crippen molar-refractivity contribution in [1.29, 1.82) is 0 Å². The number of likely N-dealkylation sites (N-methyl/N-ethyl adjacent to an activating group) is 1. The van der Waals surface area contributed by atoms with Crippen LogP contribution in [0.4, 0.5) is 10.1 Å². The average molecular weight is 386 g/mol. The number of rotatable bonds is 6. The number of likely N-dealkylation sites (tertiary alicyclic amines) is 1. The summed E-state index contributed by atoms with van der Waals surface area (Å²) in [5.74, 6) is -1.66. The van der Waals surface area contributed by atoms with Gasteiger partial charge in [0.15, 0.2) is 0 Å². The average Bonchev–Trinajstić information content (AvgIpc) is 2.83. The van der Waals surface area contributed by atoms with E-state index < -0.39 is 17.8 Å². The van der Waals surface area contributed by atoms with Crippen LogP contribution in [-0.2, 0) is 9.59 Å². The molecule has 0 spiro atoms. The summed E-state index contributed by atoms with van der Waals surface area (Å²) < 4.78 is 13.8. The van der Waals surface area contributed by atoms with Gasteiger partial charge in [-0.05, 0) is 58.0 Å². The number of hydrogen-bond acceptors (Lipinski definition) is 4. The van der Waals surface area contributed by atoms with Crippen molar-refractivity contribution >= 4 is 29.2 Å². The van der Waals surface area contributed by atoms with Gasteiger partial charge in [0.25, 0.3) is 0 Å². The number of benzene rings is 1. The van der Waals surface area contributed by atoms with Crippen molar-refractivity contribution in [1.82, 2.24) is 9.80 Å². The second-order valence-corrected chi connectivity index (χ2v) is 7.16. The number of aliphatic carboxylic acids is 1. The van der Waals surface area contributed by atoms with Crippen LogP contribution < -0.4 is 5.32 Å². The van der Waals surface area contributed by atoms with Gasteiger partial charge in [0.2, 0.25) is 5.91 Å². The van der Waals surface area contributed by atoms with Crippen molar-refractivity contribution in [3.8, 4) is 0 Å². The molecule has 26 heavy (non-hydrogen) atoms. The van der Waals surface area contributed by atoms with E-state index in [1.54, 1.807) is 6.92 Å². The van der Waals surface area contributed by atoms with Gasteiger partial charge < -0.3 is 10.4 Å². The van der Waals surface area contributed by atoms with Crippen LogP contribution in [0.5, 0.6) is 0 Å². The molecule has 1 aromatic rings. The number of anilines is 1. The summed E-state index contributed by atoms with van der Waals surface area (Å²) in [5.41, 5.74) is 0.0724. The van der Waals surface area contributed by atoms with Crippen LogP contribution in [-0.4, -0.2) is 65.5 Å². The van der Waals surface area contributed by atoms with Gasteiger partial charge in [0.05, 0.1) is 18.3 Å². The molecule has 1 amide bonds. The molecular weight excluding hydrogens is 361 g/mol. The molecule has 1 saturated heterocycles. The van der Waals surface area contributed by atoms with Crippen molar-refractivity contribution in [2.24, 2.45) is 0 Å². The van der Waals surface area contributed by atoms with Crippen LogP contribution in [0.3, 0.4) is 0 Å². The summed E-state index contributed by atoms with van der Waals surface area (Å²) in [4.78, 5) is 27.3. The molecule has 2 unspecified atom stereocenters. The van der Waals surface area contributed by atoms with Crippen molar-refractivity contribution in [3.63, 3.8) is 0 Å². The van der Waals surface area contributed by atoms with Gasteiger partial charge in [-0.3, -0.25) is 19.4 Å². The van der Waals surface area contributed by atoms with E-state index >= 15 is 0 Å². The smallest absolute Gasteiger partial charge is 0.317 e. The number of halogens is 2. The number of nitrogens with zero attached hydrogens (tertiary/aromatic N) is 2. The van der Waals surface area contributed by atoms with E-state index in [9.17, 15) is 14.0 Å². The molecule has 0 radical (unpaired) electrons.